The molecule has 1 aliphatic rings. The van der Waals surface area contributed by atoms with Crippen LogP contribution in [0.2, 0.25) is 0 Å². The number of hydrogen-bond acceptors (Lipinski definition) is 2. The van der Waals surface area contributed by atoms with E-state index >= 15 is 0 Å². The van der Waals surface area contributed by atoms with E-state index in [2.05, 4.69) is 50.4 Å². The Labute approximate surface area is 136 Å². The summed E-state index contributed by atoms with van der Waals surface area (Å²) in [5.41, 5.74) is 8.50. The van der Waals surface area contributed by atoms with Crippen molar-refractivity contribution in [3.05, 3.63) is 29.8 Å². The van der Waals surface area contributed by atoms with Crippen LogP contribution in [0, 0.1) is 5.92 Å². The van der Waals surface area contributed by atoms with Gasteiger partial charge in [0.25, 0.3) is 0 Å². The van der Waals surface area contributed by atoms with Gasteiger partial charge in [-0.25, -0.2) is 0 Å². The van der Waals surface area contributed by atoms with Gasteiger partial charge < -0.3 is 11.1 Å². The molecule has 0 aliphatic heterocycles. The first-order valence-corrected chi connectivity index (χ1v) is 9.06. The quantitative estimate of drug-likeness (QED) is 0.719. The zero-order valence-electron chi connectivity index (χ0n) is 14.7. The van der Waals surface area contributed by atoms with E-state index in [1.165, 1.54) is 56.2 Å². The summed E-state index contributed by atoms with van der Waals surface area (Å²) in [7, 11) is 0. The highest BCUT2D eigenvalue weighted by molar-refractivity contribution is 5.46. The Bertz CT molecular complexity index is 422. The third-order valence-corrected chi connectivity index (χ3v) is 5.03. The lowest BCUT2D eigenvalue weighted by Gasteiger charge is -2.30. The zero-order valence-corrected chi connectivity index (χ0v) is 14.7. The second kappa shape index (κ2) is 8.01. The first kappa shape index (κ1) is 17.3. The summed E-state index contributed by atoms with van der Waals surface area (Å²) < 4.78 is 0. The van der Waals surface area contributed by atoms with Gasteiger partial charge in [-0.05, 0) is 67.7 Å². The maximum Gasteiger partial charge on any atom is 0.0342 e. The first-order valence-electron chi connectivity index (χ1n) is 9.06. The van der Waals surface area contributed by atoms with Crippen LogP contribution < -0.4 is 11.1 Å². The Kier molecular flexibility index (Phi) is 6.31. The van der Waals surface area contributed by atoms with Gasteiger partial charge in [-0.15, -0.1) is 0 Å². The second-order valence-corrected chi connectivity index (χ2v) is 7.97. The van der Waals surface area contributed by atoms with E-state index in [1.54, 1.807) is 0 Å². The summed E-state index contributed by atoms with van der Waals surface area (Å²) in [5, 5.41) is 3.73. The highest BCUT2D eigenvalue weighted by atomic mass is 14.9. The maximum atomic E-state index is 5.58. The van der Waals surface area contributed by atoms with Crippen molar-refractivity contribution in [1.29, 1.82) is 0 Å². The second-order valence-electron chi connectivity index (χ2n) is 7.97. The van der Waals surface area contributed by atoms with Crippen LogP contribution in [0.25, 0.3) is 0 Å². The molecular weight excluding hydrogens is 268 g/mol. The molecule has 1 aromatic rings. The molecule has 2 rings (SSSR count). The number of hydrogen-bond donors (Lipinski definition) is 2. The van der Waals surface area contributed by atoms with Crippen molar-refractivity contribution in [2.75, 3.05) is 11.9 Å². The highest BCUT2D eigenvalue weighted by Crippen LogP contribution is 2.30. The van der Waals surface area contributed by atoms with Crippen molar-refractivity contribution in [2.24, 2.45) is 11.7 Å². The summed E-state index contributed by atoms with van der Waals surface area (Å²) >= 11 is 0. The topological polar surface area (TPSA) is 38.0 Å². The molecule has 0 radical (unpaired) electrons. The molecular formula is C20H34N2. The fourth-order valence-corrected chi connectivity index (χ4v) is 3.47. The van der Waals surface area contributed by atoms with Gasteiger partial charge in [-0.2, -0.15) is 0 Å². The van der Waals surface area contributed by atoms with Crippen LogP contribution in [0.3, 0.4) is 0 Å². The standard InChI is InChI=1S/C20H34N2/c1-20(2,3)17-9-13-19(14-10-17)22-18-11-7-16(8-12-18)6-4-5-15-21/h9-10,13-14,16,18,22H,4-8,11-12,15,21H2,1-3H3. The number of nitrogens with one attached hydrogen (secondary N) is 1. The Balaban J connectivity index is 1.76. The maximum absolute atomic E-state index is 5.58. The van der Waals surface area contributed by atoms with Gasteiger partial charge >= 0.3 is 0 Å². The minimum atomic E-state index is 0.236. The molecule has 0 saturated heterocycles. The molecule has 0 bridgehead atoms. The fourth-order valence-electron chi connectivity index (χ4n) is 3.47. The van der Waals surface area contributed by atoms with Gasteiger partial charge in [0.15, 0.2) is 0 Å². The number of unbranched alkanes of at least 4 members (excludes halogenated alkanes) is 1. The van der Waals surface area contributed by atoms with Crippen LogP contribution >= 0.6 is 0 Å². The normalized spacial score (nSPS) is 22.5. The van der Waals surface area contributed by atoms with Crippen molar-refractivity contribution in [1.82, 2.24) is 0 Å². The molecule has 22 heavy (non-hydrogen) atoms. The van der Waals surface area contributed by atoms with E-state index in [4.69, 9.17) is 5.73 Å². The van der Waals surface area contributed by atoms with E-state index in [0.29, 0.717) is 6.04 Å². The molecule has 1 fully saturated rings. The Morgan fingerprint density at radius 2 is 1.64 bits per heavy atom. The number of anilines is 1. The molecule has 1 aliphatic carbocycles. The molecule has 0 spiro atoms. The molecule has 0 heterocycles. The molecule has 0 aromatic heterocycles. The molecule has 0 atom stereocenters. The average molecular weight is 303 g/mol. The lowest BCUT2D eigenvalue weighted by Crippen LogP contribution is -2.26. The van der Waals surface area contributed by atoms with Crippen molar-refractivity contribution >= 4 is 5.69 Å². The zero-order chi connectivity index (χ0) is 16.0. The van der Waals surface area contributed by atoms with E-state index in [1.807, 2.05) is 0 Å². The fraction of sp³-hybridized carbons (Fsp3) is 0.700. The minimum absolute atomic E-state index is 0.236. The molecule has 3 N–H and O–H groups in total. The van der Waals surface area contributed by atoms with E-state index in [-0.39, 0.29) is 5.41 Å². The largest absolute Gasteiger partial charge is 0.382 e. The third-order valence-electron chi connectivity index (χ3n) is 5.03. The lowest BCUT2D eigenvalue weighted by molar-refractivity contribution is 0.313. The van der Waals surface area contributed by atoms with Crippen molar-refractivity contribution in [3.8, 4) is 0 Å². The van der Waals surface area contributed by atoms with Gasteiger partial charge in [-0.1, -0.05) is 45.7 Å². The highest BCUT2D eigenvalue weighted by Gasteiger charge is 2.21. The molecule has 0 unspecified atom stereocenters. The lowest BCUT2D eigenvalue weighted by atomic mass is 9.83. The summed E-state index contributed by atoms with van der Waals surface area (Å²) in [5.74, 6) is 0.938. The first-order chi connectivity index (χ1) is 10.5. The summed E-state index contributed by atoms with van der Waals surface area (Å²) in [6.45, 7) is 7.64. The average Bonchev–Trinajstić information content (AvgIpc) is 2.49. The van der Waals surface area contributed by atoms with Crippen LogP contribution in [0.4, 0.5) is 5.69 Å². The summed E-state index contributed by atoms with van der Waals surface area (Å²) in [6.07, 6.45) is 9.27. The molecule has 2 heteroatoms. The van der Waals surface area contributed by atoms with E-state index in [0.717, 1.165) is 12.5 Å². The van der Waals surface area contributed by atoms with Gasteiger partial charge in [0.1, 0.15) is 0 Å². The minimum Gasteiger partial charge on any atom is -0.382 e. The van der Waals surface area contributed by atoms with Crippen LogP contribution in [-0.4, -0.2) is 12.6 Å². The Hall–Kier alpha value is -1.02. The molecule has 2 nitrogen and oxygen atoms in total. The van der Waals surface area contributed by atoms with Crippen LogP contribution in [0.5, 0.6) is 0 Å². The van der Waals surface area contributed by atoms with Gasteiger partial charge in [0, 0.05) is 11.7 Å². The monoisotopic (exact) mass is 302 g/mol. The summed E-state index contributed by atoms with van der Waals surface area (Å²) in [6, 6.07) is 9.68. The molecule has 124 valence electrons. The number of nitrogens with two attached hydrogens (primary N) is 1. The Morgan fingerprint density at radius 1 is 1.00 bits per heavy atom. The van der Waals surface area contributed by atoms with Crippen molar-refractivity contribution in [2.45, 2.75) is 77.2 Å². The van der Waals surface area contributed by atoms with E-state index in [9.17, 15) is 0 Å². The molecule has 0 amide bonds. The molecule has 1 saturated carbocycles. The van der Waals surface area contributed by atoms with Crippen LogP contribution in [-0.2, 0) is 5.41 Å². The van der Waals surface area contributed by atoms with Gasteiger partial charge in [-0.3, -0.25) is 0 Å². The Morgan fingerprint density at radius 3 is 2.18 bits per heavy atom. The smallest absolute Gasteiger partial charge is 0.0342 e. The SMILES string of the molecule is CC(C)(C)c1ccc(NC2CCC(CCCCN)CC2)cc1. The number of rotatable bonds is 6. The predicted molar refractivity (Wildman–Crippen MR) is 97.4 cm³/mol. The van der Waals surface area contributed by atoms with Gasteiger partial charge in [0.05, 0.1) is 0 Å². The van der Waals surface area contributed by atoms with Crippen LogP contribution in [0.15, 0.2) is 24.3 Å². The summed E-state index contributed by atoms with van der Waals surface area (Å²) in [4.78, 5) is 0. The van der Waals surface area contributed by atoms with Crippen molar-refractivity contribution < 1.29 is 0 Å². The van der Waals surface area contributed by atoms with Crippen molar-refractivity contribution in [3.63, 3.8) is 0 Å². The van der Waals surface area contributed by atoms with Gasteiger partial charge in [0.2, 0.25) is 0 Å². The third kappa shape index (κ3) is 5.31. The molecule has 1 aromatic carbocycles. The predicted octanol–water partition coefficient (Wildman–Crippen LogP) is 5.08. The van der Waals surface area contributed by atoms with E-state index < -0.39 is 0 Å². The van der Waals surface area contributed by atoms with Crippen LogP contribution in [0.1, 0.15) is 71.3 Å². The number of benzene rings is 1.